The quantitative estimate of drug-likeness (QED) is 0.376. The average molecular weight is 492 g/mol. The smallest absolute Gasteiger partial charge is 0.194 e. The second kappa shape index (κ2) is 9.68. The summed E-state index contributed by atoms with van der Waals surface area (Å²) in [7, 11) is 0. The van der Waals surface area contributed by atoms with E-state index in [9.17, 15) is 0 Å². The molecule has 6 heteroatoms. The maximum Gasteiger partial charge on any atom is 0.194 e. The monoisotopic (exact) mass is 491 g/mol. The molecule has 1 heterocycles. The van der Waals surface area contributed by atoms with Gasteiger partial charge in [0.1, 0.15) is 0 Å². The van der Waals surface area contributed by atoms with Gasteiger partial charge in [0.05, 0.1) is 11.8 Å². The van der Waals surface area contributed by atoms with Crippen LogP contribution in [0.4, 0.5) is 5.69 Å². The Morgan fingerprint density at radius 2 is 1.61 bits per heavy atom. The van der Waals surface area contributed by atoms with Crippen LogP contribution < -0.4 is 5.32 Å². The lowest BCUT2D eigenvalue weighted by molar-refractivity contribution is 0.307. The van der Waals surface area contributed by atoms with Crippen molar-refractivity contribution < 1.29 is 0 Å². The number of halogens is 2. The highest BCUT2D eigenvalue weighted by molar-refractivity contribution is 7.80. The molecule has 2 atom stereocenters. The van der Waals surface area contributed by atoms with Gasteiger partial charge in [-0.2, -0.15) is 5.10 Å². The first-order chi connectivity index (χ1) is 16.1. The summed E-state index contributed by atoms with van der Waals surface area (Å²) in [6, 6.07) is 26.0. The van der Waals surface area contributed by atoms with Gasteiger partial charge in [-0.1, -0.05) is 65.7 Å². The Morgan fingerprint density at radius 3 is 2.30 bits per heavy atom. The Balaban J connectivity index is 1.52. The zero-order valence-electron chi connectivity index (χ0n) is 17.9. The van der Waals surface area contributed by atoms with E-state index in [1.165, 1.54) is 5.57 Å². The number of anilines is 1. The minimum Gasteiger partial charge on any atom is -0.331 e. The van der Waals surface area contributed by atoms with Gasteiger partial charge in [-0.15, -0.1) is 0 Å². The minimum atomic E-state index is 0.0231. The van der Waals surface area contributed by atoms with Crippen molar-refractivity contribution in [2.45, 2.75) is 25.3 Å². The lowest BCUT2D eigenvalue weighted by Crippen LogP contribution is -2.34. The first-order valence-electron chi connectivity index (χ1n) is 11.0. The van der Waals surface area contributed by atoms with Crippen LogP contribution in [0.25, 0.3) is 6.08 Å². The van der Waals surface area contributed by atoms with Gasteiger partial charge in [0.15, 0.2) is 5.11 Å². The predicted molar refractivity (Wildman–Crippen MR) is 143 cm³/mol. The third kappa shape index (κ3) is 4.84. The van der Waals surface area contributed by atoms with Crippen LogP contribution in [-0.4, -0.2) is 15.8 Å². The zero-order valence-corrected chi connectivity index (χ0v) is 20.2. The number of allylic oxidation sites excluding steroid dienone is 1. The molecule has 2 aliphatic rings. The van der Waals surface area contributed by atoms with Crippen molar-refractivity contribution in [2.75, 3.05) is 5.32 Å². The van der Waals surface area contributed by atoms with Crippen molar-refractivity contribution in [2.24, 2.45) is 11.0 Å². The van der Waals surface area contributed by atoms with Gasteiger partial charge in [0, 0.05) is 21.7 Å². The number of rotatable bonds is 3. The van der Waals surface area contributed by atoms with Crippen LogP contribution in [0.5, 0.6) is 0 Å². The topological polar surface area (TPSA) is 27.6 Å². The molecule has 3 aromatic carbocycles. The van der Waals surface area contributed by atoms with E-state index >= 15 is 0 Å². The highest BCUT2D eigenvalue weighted by Crippen LogP contribution is 2.44. The standard InChI is InChI=1S/C27H23Cl2N3S/c28-21-13-9-18(10-14-21)17-20-5-4-8-24-25(20)31-32(26(24)19-11-15-22(29)16-12-19)27(33)30-23-6-2-1-3-7-23/h1-3,6-7,9-17,24,26H,4-5,8H2,(H,30,33)/b20-17+/t24-,26+/m1/s1. The van der Waals surface area contributed by atoms with E-state index in [1.54, 1.807) is 0 Å². The predicted octanol–water partition coefficient (Wildman–Crippen LogP) is 7.99. The molecule has 166 valence electrons. The molecule has 5 rings (SSSR count). The largest absolute Gasteiger partial charge is 0.331 e. The molecule has 33 heavy (non-hydrogen) atoms. The molecule has 1 N–H and O–H groups in total. The summed E-state index contributed by atoms with van der Waals surface area (Å²) in [6.07, 6.45) is 5.41. The molecule has 1 saturated carbocycles. The number of nitrogens with one attached hydrogen (secondary N) is 1. The van der Waals surface area contributed by atoms with Gasteiger partial charge in [0.25, 0.3) is 0 Å². The van der Waals surface area contributed by atoms with Crippen molar-refractivity contribution in [3.05, 3.63) is 106 Å². The number of nitrogens with zero attached hydrogens (tertiary/aromatic N) is 2. The molecule has 0 saturated heterocycles. The van der Waals surface area contributed by atoms with Gasteiger partial charge in [-0.3, -0.25) is 0 Å². The number of hydrazone groups is 1. The normalized spacial score (nSPS) is 21.0. The Labute approximate surface area is 209 Å². The van der Waals surface area contributed by atoms with Gasteiger partial charge >= 0.3 is 0 Å². The van der Waals surface area contributed by atoms with Crippen LogP contribution in [0.15, 0.2) is 89.5 Å². The van der Waals surface area contributed by atoms with E-state index in [1.807, 2.05) is 71.7 Å². The van der Waals surface area contributed by atoms with Gasteiger partial charge in [-0.25, -0.2) is 5.01 Å². The summed E-state index contributed by atoms with van der Waals surface area (Å²) in [4.78, 5) is 0. The van der Waals surface area contributed by atoms with E-state index in [0.29, 0.717) is 5.11 Å². The van der Waals surface area contributed by atoms with Crippen LogP contribution in [0.2, 0.25) is 10.0 Å². The highest BCUT2D eigenvalue weighted by Gasteiger charge is 2.42. The molecule has 0 unspecified atom stereocenters. The maximum absolute atomic E-state index is 6.19. The van der Waals surface area contributed by atoms with Gasteiger partial charge in [-0.05, 0) is 90.7 Å². The summed E-state index contributed by atoms with van der Waals surface area (Å²) < 4.78 is 0. The molecule has 3 nitrogen and oxygen atoms in total. The molecule has 0 spiro atoms. The molecule has 0 aromatic heterocycles. The first kappa shape index (κ1) is 22.1. The van der Waals surface area contributed by atoms with Crippen molar-refractivity contribution in [1.82, 2.24) is 5.01 Å². The first-order valence-corrected chi connectivity index (χ1v) is 12.2. The van der Waals surface area contributed by atoms with Crippen molar-refractivity contribution in [3.63, 3.8) is 0 Å². The molecular weight excluding hydrogens is 469 g/mol. The van der Waals surface area contributed by atoms with Gasteiger partial charge < -0.3 is 5.32 Å². The SMILES string of the molecule is S=C(Nc1ccccc1)N1N=C2/C(=C/c3ccc(Cl)cc3)CCC[C@H]2[C@@H]1c1ccc(Cl)cc1. The van der Waals surface area contributed by atoms with E-state index in [4.69, 9.17) is 40.5 Å². The Kier molecular flexibility index (Phi) is 6.50. The molecule has 0 bridgehead atoms. The van der Waals surface area contributed by atoms with E-state index in [-0.39, 0.29) is 12.0 Å². The molecular formula is C27H23Cl2N3S. The molecule has 1 fully saturated rings. The number of hydrogen-bond donors (Lipinski definition) is 1. The van der Waals surface area contributed by atoms with Crippen molar-refractivity contribution in [1.29, 1.82) is 0 Å². The molecule has 1 aliphatic heterocycles. The number of thiocarbonyl (C=S) groups is 1. The zero-order chi connectivity index (χ0) is 22.8. The average Bonchev–Trinajstić information content (AvgIpc) is 3.23. The summed E-state index contributed by atoms with van der Waals surface area (Å²) in [5, 5.41) is 12.5. The molecule has 0 amide bonds. The lowest BCUT2D eigenvalue weighted by atomic mass is 9.77. The van der Waals surface area contributed by atoms with E-state index < -0.39 is 0 Å². The second-order valence-electron chi connectivity index (χ2n) is 8.34. The fourth-order valence-electron chi connectivity index (χ4n) is 4.62. The van der Waals surface area contributed by atoms with Gasteiger partial charge in [0.2, 0.25) is 0 Å². The summed E-state index contributed by atoms with van der Waals surface area (Å²) >= 11 is 18.1. The summed E-state index contributed by atoms with van der Waals surface area (Å²) in [5.74, 6) is 0.258. The number of fused-ring (bicyclic) bond motifs is 1. The summed E-state index contributed by atoms with van der Waals surface area (Å²) in [5.41, 5.74) is 5.62. The number of benzene rings is 3. The van der Waals surface area contributed by atoms with Crippen molar-refractivity contribution >= 4 is 58.0 Å². The highest BCUT2D eigenvalue weighted by atomic mass is 35.5. The molecule has 1 aliphatic carbocycles. The van der Waals surface area contributed by atoms with E-state index in [0.717, 1.165) is 51.8 Å². The van der Waals surface area contributed by atoms with Crippen LogP contribution >= 0.6 is 35.4 Å². The Hall–Kier alpha value is -2.66. The number of hydrogen-bond acceptors (Lipinski definition) is 2. The summed E-state index contributed by atoms with van der Waals surface area (Å²) in [6.45, 7) is 0. The molecule has 0 radical (unpaired) electrons. The maximum atomic E-state index is 6.19. The third-order valence-corrected chi connectivity index (χ3v) is 6.95. The number of para-hydroxylation sites is 1. The van der Waals surface area contributed by atoms with E-state index in [2.05, 4.69) is 23.5 Å². The van der Waals surface area contributed by atoms with Crippen LogP contribution in [0.3, 0.4) is 0 Å². The third-order valence-electron chi connectivity index (χ3n) is 6.16. The second-order valence-corrected chi connectivity index (χ2v) is 9.60. The lowest BCUT2D eigenvalue weighted by Gasteiger charge is -2.31. The fraction of sp³-hybridized carbons (Fsp3) is 0.185. The molecule has 3 aromatic rings. The Bertz CT molecular complexity index is 1200. The fourth-order valence-corrected chi connectivity index (χ4v) is 5.15. The Morgan fingerprint density at radius 1 is 0.939 bits per heavy atom. The van der Waals surface area contributed by atoms with Crippen molar-refractivity contribution in [3.8, 4) is 0 Å². The minimum absolute atomic E-state index is 0.0231. The van der Waals surface area contributed by atoms with Crippen LogP contribution in [-0.2, 0) is 0 Å². The van der Waals surface area contributed by atoms with Crippen LogP contribution in [0.1, 0.15) is 36.4 Å². The van der Waals surface area contributed by atoms with Crippen LogP contribution in [0, 0.1) is 5.92 Å².